The molecule has 1 saturated heterocycles. The molecule has 1 aliphatic heterocycles. The molecule has 0 spiro atoms. The summed E-state index contributed by atoms with van der Waals surface area (Å²) >= 11 is 0. The van der Waals surface area contributed by atoms with Crippen LogP contribution >= 0.6 is 0 Å². The van der Waals surface area contributed by atoms with Crippen molar-refractivity contribution in [3.63, 3.8) is 0 Å². The minimum atomic E-state index is 0.468. The van der Waals surface area contributed by atoms with Gasteiger partial charge in [-0.25, -0.2) is 0 Å². The number of piperazine rings is 1. The van der Waals surface area contributed by atoms with E-state index >= 15 is 0 Å². The number of rotatable bonds is 3. The smallest absolute Gasteiger partial charge is 0.0247 e. The summed E-state index contributed by atoms with van der Waals surface area (Å²) < 4.78 is 0. The van der Waals surface area contributed by atoms with Gasteiger partial charge in [-0.05, 0) is 23.2 Å². The molecule has 2 rings (SSSR count). The monoisotopic (exact) mass is 252 g/mol. The van der Waals surface area contributed by atoms with Crippen molar-refractivity contribution >= 4 is 0 Å². The predicted molar refractivity (Wildman–Crippen MR) is 78.8 cm³/mol. The number of nitrogens with zero attached hydrogens (tertiary/aromatic N) is 1. The number of hydrogen-bond donors (Lipinski definition) is 1. The van der Waals surface area contributed by atoms with Gasteiger partial charge in [-0.2, -0.15) is 0 Å². The topological polar surface area (TPSA) is 15.3 Å². The minimum Gasteiger partial charge on any atom is -0.311 e. The second-order valence-corrected chi connectivity index (χ2v) is 7.87. The molecule has 18 heavy (non-hydrogen) atoms. The predicted octanol–water partition coefficient (Wildman–Crippen LogP) is 3.13. The van der Waals surface area contributed by atoms with Crippen LogP contribution in [0, 0.1) is 16.7 Å². The van der Waals surface area contributed by atoms with Gasteiger partial charge in [-0.1, -0.05) is 48.5 Å². The van der Waals surface area contributed by atoms with Crippen LogP contribution in [0.5, 0.6) is 0 Å². The van der Waals surface area contributed by atoms with Crippen molar-refractivity contribution in [1.29, 1.82) is 0 Å². The lowest BCUT2D eigenvalue weighted by molar-refractivity contribution is 0.0717. The first-order chi connectivity index (χ1) is 8.23. The summed E-state index contributed by atoms with van der Waals surface area (Å²) in [4.78, 5) is 2.83. The molecule has 2 unspecified atom stereocenters. The molecule has 2 atom stereocenters. The van der Waals surface area contributed by atoms with Crippen LogP contribution in [0.1, 0.15) is 54.9 Å². The summed E-state index contributed by atoms with van der Waals surface area (Å²) in [5, 5.41) is 3.73. The van der Waals surface area contributed by atoms with E-state index in [2.05, 4.69) is 58.7 Å². The molecule has 1 aliphatic carbocycles. The average Bonchev–Trinajstić information content (AvgIpc) is 2.68. The molecule has 0 bridgehead atoms. The van der Waals surface area contributed by atoms with Gasteiger partial charge in [-0.15, -0.1) is 0 Å². The standard InChI is InChI=1S/C16H32N2/c1-8-12-10-18(13(9-17-12)11(2)3)14-15(4,5)16(14,6)7/h11-14,17H,8-10H2,1-7H3. The molecule has 1 N–H and O–H groups in total. The fourth-order valence-corrected chi connectivity index (χ4v) is 4.04. The summed E-state index contributed by atoms with van der Waals surface area (Å²) in [5.41, 5.74) is 0.936. The maximum Gasteiger partial charge on any atom is 0.0247 e. The van der Waals surface area contributed by atoms with E-state index in [0.29, 0.717) is 22.9 Å². The molecule has 0 aromatic heterocycles. The molecule has 0 radical (unpaired) electrons. The highest BCUT2D eigenvalue weighted by Crippen LogP contribution is 2.65. The van der Waals surface area contributed by atoms with Crippen LogP contribution in [0.2, 0.25) is 0 Å². The lowest BCUT2D eigenvalue weighted by atomic mass is 9.96. The van der Waals surface area contributed by atoms with E-state index < -0.39 is 0 Å². The SMILES string of the molecule is CCC1CN(C2C(C)(C)C2(C)C)C(C(C)C)CN1. The summed E-state index contributed by atoms with van der Waals surface area (Å²) in [5.74, 6) is 0.738. The fourth-order valence-electron chi connectivity index (χ4n) is 4.04. The molecule has 1 heterocycles. The zero-order valence-electron chi connectivity index (χ0n) is 13.4. The van der Waals surface area contributed by atoms with Crippen LogP contribution in [0.4, 0.5) is 0 Å². The van der Waals surface area contributed by atoms with Gasteiger partial charge in [0.1, 0.15) is 0 Å². The molecule has 2 fully saturated rings. The normalized spacial score (nSPS) is 36.0. The van der Waals surface area contributed by atoms with E-state index in [0.717, 1.165) is 12.0 Å². The average molecular weight is 252 g/mol. The molecule has 0 aromatic carbocycles. The second-order valence-electron chi connectivity index (χ2n) is 7.87. The van der Waals surface area contributed by atoms with Crippen molar-refractivity contribution in [3.05, 3.63) is 0 Å². The third-order valence-electron chi connectivity index (χ3n) is 6.01. The zero-order chi connectivity index (χ0) is 13.7. The van der Waals surface area contributed by atoms with Crippen molar-refractivity contribution < 1.29 is 0 Å². The molecule has 2 heteroatoms. The molecule has 106 valence electrons. The third kappa shape index (κ3) is 2.02. The van der Waals surface area contributed by atoms with Crippen molar-refractivity contribution in [2.45, 2.75) is 73.0 Å². The molecule has 2 nitrogen and oxygen atoms in total. The van der Waals surface area contributed by atoms with E-state index in [9.17, 15) is 0 Å². The van der Waals surface area contributed by atoms with Crippen LogP contribution in [0.3, 0.4) is 0 Å². The Morgan fingerprint density at radius 3 is 2.11 bits per heavy atom. The highest BCUT2D eigenvalue weighted by molar-refractivity contribution is 5.20. The summed E-state index contributed by atoms with van der Waals surface area (Å²) in [7, 11) is 0. The Morgan fingerprint density at radius 1 is 1.17 bits per heavy atom. The molecular weight excluding hydrogens is 220 g/mol. The van der Waals surface area contributed by atoms with Gasteiger partial charge < -0.3 is 5.32 Å². The van der Waals surface area contributed by atoms with Gasteiger partial charge in [0.15, 0.2) is 0 Å². The van der Waals surface area contributed by atoms with Crippen LogP contribution in [-0.4, -0.2) is 36.1 Å². The Kier molecular flexibility index (Phi) is 3.57. The third-order valence-corrected chi connectivity index (χ3v) is 6.01. The summed E-state index contributed by atoms with van der Waals surface area (Å²) in [6, 6.07) is 2.15. The second kappa shape index (κ2) is 4.49. The first kappa shape index (κ1) is 14.3. The van der Waals surface area contributed by atoms with E-state index in [1.807, 2.05) is 0 Å². The molecular formula is C16H32N2. The lowest BCUT2D eigenvalue weighted by Gasteiger charge is -2.43. The van der Waals surface area contributed by atoms with Gasteiger partial charge in [0.05, 0.1) is 0 Å². The Morgan fingerprint density at radius 2 is 1.72 bits per heavy atom. The van der Waals surface area contributed by atoms with E-state index in [1.54, 1.807) is 0 Å². The zero-order valence-corrected chi connectivity index (χ0v) is 13.4. The van der Waals surface area contributed by atoms with E-state index in [4.69, 9.17) is 0 Å². The van der Waals surface area contributed by atoms with Gasteiger partial charge >= 0.3 is 0 Å². The van der Waals surface area contributed by atoms with E-state index in [1.165, 1.54) is 19.5 Å². The molecule has 2 aliphatic rings. The van der Waals surface area contributed by atoms with Crippen LogP contribution in [-0.2, 0) is 0 Å². The van der Waals surface area contributed by atoms with Gasteiger partial charge in [0.25, 0.3) is 0 Å². The fraction of sp³-hybridized carbons (Fsp3) is 1.00. The number of hydrogen-bond acceptors (Lipinski definition) is 2. The Hall–Kier alpha value is -0.0800. The van der Waals surface area contributed by atoms with Crippen molar-refractivity contribution in [2.75, 3.05) is 13.1 Å². The van der Waals surface area contributed by atoms with Crippen LogP contribution < -0.4 is 5.32 Å². The Labute approximate surface area is 114 Å². The molecule has 0 aromatic rings. The number of nitrogens with one attached hydrogen (secondary N) is 1. The van der Waals surface area contributed by atoms with Crippen LogP contribution in [0.25, 0.3) is 0 Å². The van der Waals surface area contributed by atoms with Gasteiger partial charge in [0.2, 0.25) is 0 Å². The summed E-state index contributed by atoms with van der Waals surface area (Å²) in [6.45, 7) is 19.2. The Balaban J connectivity index is 2.17. The van der Waals surface area contributed by atoms with E-state index in [-0.39, 0.29) is 0 Å². The van der Waals surface area contributed by atoms with Crippen molar-refractivity contribution in [1.82, 2.24) is 10.2 Å². The summed E-state index contributed by atoms with van der Waals surface area (Å²) in [6.07, 6.45) is 1.24. The highest BCUT2D eigenvalue weighted by Gasteiger charge is 2.68. The van der Waals surface area contributed by atoms with Gasteiger partial charge in [-0.3, -0.25) is 4.90 Å². The maximum atomic E-state index is 3.73. The first-order valence-electron chi connectivity index (χ1n) is 7.72. The lowest BCUT2D eigenvalue weighted by Crippen LogP contribution is -2.59. The first-order valence-corrected chi connectivity index (χ1v) is 7.72. The molecule has 0 amide bonds. The van der Waals surface area contributed by atoms with Crippen molar-refractivity contribution in [2.24, 2.45) is 16.7 Å². The maximum absolute atomic E-state index is 3.73. The molecule has 1 saturated carbocycles. The Bertz CT molecular complexity index is 292. The highest BCUT2D eigenvalue weighted by atomic mass is 15.3. The van der Waals surface area contributed by atoms with Crippen LogP contribution in [0.15, 0.2) is 0 Å². The quantitative estimate of drug-likeness (QED) is 0.830. The largest absolute Gasteiger partial charge is 0.311 e. The van der Waals surface area contributed by atoms with Gasteiger partial charge in [0, 0.05) is 31.2 Å². The van der Waals surface area contributed by atoms with Crippen molar-refractivity contribution in [3.8, 4) is 0 Å². The minimum absolute atomic E-state index is 0.468.